The number of aliphatic imine (C=N–C) groups is 2. The number of carbonyl (C=O) groups is 1. The molecule has 1 aliphatic heterocycles. The quantitative estimate of drug-likeness (QED) is 0.183. The van der Waals surface area contributed by atoms with Gasteiger partial charge in [-0.15, -0.1) is 18.3 Å². The molecule has 0 unspecified atom stereocenters. The second kappa shape index (κ2) is 12.8. The molecule has 0 saturated carbocycles. The fourth-order valence-corrected chi connectivity index (χ4v) is 4.69. The number of halogens is 3. The monoisotopic (exact) mass is 580 g/mol. The number of hydrogen-bond donors (Lipinski definition) is 1. The van der Waals surface area contributed by atoms with Gasteiger partial charge in [0.1, 0.15) is 17.9 Å². The van der Waals surface area contributed by atoms with E-state index in [2.05, 4.69) is 38.8 Å². The predicted octanol–water partition coefficient (Wildman–Crippen LogP) is 6.63. The van der Waals surface area contributed by atoms with Crippen LogP contribution >= 0.6 is 11.8 Å². The third-order valence-corrected chi connectivity index (χ3v) is 6.84. The number of amidine groups is 2. The van der Waals surface area contributed by atoms with Crippen molar-refractivity contribution in [1.29, 1.82) is 0 Å². The van der Waals surface area contributed by atoms with E-state index in [4.69, 9.17) is 5.73 Å². The Kier molecular flexibility index (Phi) is 9.23. The second-order valence-electron chi connectivity index (χ2n) is 9.18. The number of thioether (sulfide) groups is 1. The van der Waals surface area contributed by atoms with Crippen LogP contribution in [0.4, 0.5) is 24.5 Å². The highest BCUT2D eigenvalue weighted by atomic mass is 32.2. The van der Waals surface area contributed by atoms with Gasteiger partial charge in [-0.25, -0.2) is 9.98 Å². The van der Waals surface area contributed by atoms with Gasteiger partial charge >= 0.3 is 6.36 Å². The highest BCUT2D eigenvalue weighted by Gasteiger charge is 2.32. The molecule has 1 amide bonds. The van der Waals surface area contributed by atoms with Crippen molar-refractivity contribution in [2.24, 2.45) is 25.9 Å². The maximum absolute atomic E-state index is 12.7. The van der Waals surface area contributed by atoms with E-state index in [1.807, 2.05) is 43.3 Å². The van der Waals surface area contributed by atoms with Crippen molar-refractivity contribution in [2.45, 2.75) is 33.1 Å². The number of rotatable bonds is 8. The summed E-state index contributed by atoms with van der Waals surface area (Å²) < 4.78 is 40.7. The van der Waals surface area contributed by atoms with Crippen LogP contribution < -0.4 is 15.4 Å². The van der Waals surface area contributed by atoms with Crippen molar-refractivity contribution in [1.82, 2.24) is 0 Å². The van der Waals surface area contributed by atoms with Gasteiger partial charge in [0.2, 0.25) is 5.91 Å². The van der Waals surface area contributed by atoms with Gasteiger partial charge in [0.25, 0.3) is 0 Å². The van der Waals surface area contributed by atoms with Gasteiger partial charge in [-0.05, 0) is 54.3 Å². The van der Waals surface area contributed by atoms with Crippen molar-refractivity contribution in [3.8, 4) is 5.75 Å². The molecule has 4 rings (SSSR count). The SMILES string of the molecule is C/C(=N\N=C1/SCC(=O)N1c1ccccc1C(C)C)c1ccc(C(N)=NC=Nc2ccc(OC(F)(F)F)cc2)cc1. The summed E-state index contributed by atoms with van der Waals surface area (Å²) in [6, 6.07) is 20.0. The summed E-state index contributed by atoms with van der Waals surface area (Å²) in [7, 11) is 0. The maximum Gasteiger partial charge on any atom is 0.573 e. The van der Waals surface area contributed by atoms with Crippen LogP contribution in [0.25, 0.3) is 0 Å². The van der Waals surface area contributed by atoms with Crippen LogP contribution in [0, 0.1) is 0 Å². The summed E-state index contributed by atoms with van der Waals surface area (Å²) in [4.78, 5) is 22.5. The summed E-state index contributed by atoms with van der Waals surface area (Å²) in [5.41, 5.74) is 10.4. The smallest absolute Gasteiger partial charge is 0.406 e. The fraction of sp³-hybridized carbons (Fsp3) is 0.207. The highest BCUT2D eigenvalue weighted by Crippen LogP contribution is 2.33. The zero-order valence-electron chi connectivity index (χ0n) is 22.5. The Balaban J connectivity index is 1.44. The number of amides is 1. The highest BCUT2D eigenvalue weighted by molar-refractivity contribution is 8.15. The third kappa shape index (κ3) is 7.82. The number of nitrogens with zero attached hydrogens (tertiary/aromatic N) is 5. The van der Waals surface area contributed by atoms with E-state index in [1.165, 1.54) is 30.2 Å². The van der Waals surface area contributed by atoms with Gasteiger partial charge < -0.3 is 10.5 Å². The van der Waals surface area contributed by atoms with Crippen LogP contribution in [0.1, 0.15) is 43.4 Å². The Bertz CT molecular complexity index is 1510. The van der Waals surface area contributed by atoms with Gasteiger partial charge in [0.15, 0.2) is 5.17 Å². The number of benzene rings is 3. The first kappa shape index (κ1) is 29.5. The van der Waals surface area contributed by atoms with E-state index in [0.717, 1.165) is 28.9 Å². The number of anilines is 1. The second-order valence-corrected chi connectivity index (χ2v) is 10.1. The van der Waals surface area contributed by atoms with Crippen LogP contribution in [0.5, 0.6) is 5.75 Å². The van der Waals surface area contributed by atoms with Crippen LogP contribution in [0.2, 0.25) is 0 Å². The number of para-hydroxylation sites is 1. The average Bonchev–Trinajstić information content (AvgIpc) is 3.31. The minimum absolute atomic E-state index is 0.0372. The van der Waals surface area contributed by atoms with Crippen molar-refractivity contribution < 1.29 is 22.7 Å². The van der Waals surface area contributed by atoms with Crippen LogP contribution in [-0.4, -0.2) is 41.1 Å². The van der Waals surface area contributed by atoms with Crippen LogP contribution in [0.15, 0.2) is 93.0 Å². The molecule has 1 saturated heterocycles. The lowest BCUT2D eigenvalue weighted by Crippen LogP contribution is -2.30. The molecular formula is C29H27F3N6O2S. The molecule has 212 valence electrons. The lowest BCUT2D eigenvalue weighted by atomic mass is 10.0. The topological polar surface area (TPSA) is 105 Å². The number of alkyl halides is 3. The molecule has 8 nitrogen and oxygen atoms in total. The molecule has 0 spiro atoms. The largest absolute Gasteiger partial charge is 0.573 e. The normalized spacial score (nSPS) is 15.9. The first-order valence-electron chi connectivity index (χ1n) is 12.5. The van der Waals surface area contributed by atoms with E-state index in [0.29, 0.717) is 27.9 Å². The Labute approximate surface area is 239 Å². The maximum atomic E-state index is 12.7. The Hall–Kier alpha value is -4.45. The van der Waals surface area contributed by atoms with E-state index in [-0.39, 0.29) is 23.4 Å². The molecule has 3 aromatic rings. The molecule has 3 aromatic carbocycles. The molecule has 2 N–H and O–H groups in total. The summed E-state index contributed by atoms with van der Waals surface area (Å²) in [6.07, 6.45) is -3.54. The lowest BCUT2D eigenvalue weighted by Gasteiger charge is -2.21. The lowest BCUT2D eigenvalue weighted by molar-refractivity contribution is -0.274. The van der Waals surface area contributed by atoms with Crippen molar-refractivity contribution in [3.05, 3.63) is 89.5 Å². The van der Waals surface area contributed by atoms with Gasteiger partial charge in [-0.1, -0.05) is 68.1 Å². The molecule has 0 aliphatic carbocycles. The average molecular weight is 581 g/mol. The molecule has 41 heavy (non-hydrogen) atoms. The summed E-state index contributed by atoms with van der Waals surface area (Å²) in [5, 5.41) is 9.31. The van der Waals surface area contributed by atoms with Gasteiger partial charge in [0.05, 0.1) is 22.8 Å². The van der Waals surface area contributed by atoms with Gasteiger partial charge in [-0.2, -0.15) is 5.10 Å². The molecular weight excluding hydrogens is 553 g/mol. The van der Waals surface area contributed by atoms with E-state index in [9.17, 15) is 18.0 Å². The fourth-order valence-electron chi connectivity index (χ4n) is 3.88. The van der Waals surface area contributed by atoms with Gasteiger partial charge in [0, 0.05) is 5.56 Å². The standard InChI is InChI=1S/C29H27F3N6O2S/c1-18(2)24-6-4-5-7-25(24)38-26(39)16-41-28(38)37-36-19(3)20-8-10-21(11-9-20)27(33)35-17-34-22-12-14-23(15-13-22)40-29(30,31)32/h4-15,17-18H,16H2,1-3H3,(H2,33,34,35)/b36-19+,37-28-. The Morgan fingerprint density at radius 2 is 1.68 bits per heavy atom. The zero-order chi connectivity index (χ0) is 29.6. The first-order chi connectivity index (χ1) is 19.5. The summed E-state index contributed by atoms with van der Waals surface area (Å²) >= 11 is 1.35. The number of carbonyl (C=O) groups excluding carboxylic acids is 1. The summed E-state index contributed by atoms with van der Waals surface area (Å²) in [6.45, 7) is 5.99. The van der Waals surface area contributed by atoms with Crippen molar-refractivity contribution in [2.75, 3.05) is 10.7 Å². The molecule has 0 bridgehead atoms. The Morgan fingerprint density at radius 1 is 1.02 bits per heavy atom. The number of hydrogen-bond acceptors (Lipinski definition) is 6. The predicted molar refractivity (Wildman–Crippen MR) is 159 cm³/mol. The van der Waals surface area contributed by atoms with Crippen molar-refractivity contribution in [3.63, 3.8) is 0 Å². The molecule has 1 aliphatic rings. The van der Waals surface area contributed by atoms with E-state index < -0.39 is 6.36 Å². The van der Waals surface area contributed by atoms with E-state index >= 15 is 0 Å². The summed E-state index contributed by atoms with van der Waals surface area (Å²) in [5.74, 6) is 0.366. The van der Waals surface area contributed by atoms with E-state index in [1.54, 1.807) is 17.0 Å². The molecule has 0 atom stereocenters. The van der Waals surface area contributed by atoms with Crippen LogP contribution in [0.3, 0.4) is 0 Å². The Morgan fingerprint density at radius 3 is 2.34 bits per heavy atom. The molecule has 12 heteroatoms. The molecule has 1 fully saturated rings. The van der Waals surface area contributed by atoms with Gasteiger partial charge in [-0.3, -0.25) is 9.69 Å². The zero-order valence-corrected chi connectivity index (χ0v) is 23.3. The molecule has 1 heterocycles. The first-order valence-corrected chi connectivity index (χ1v) is 13.5. The number of nitrogens with two attached hydrogens (primary N) is 1. The van der Waals surface area contributed by atoms with Crippen LogP contribution in [-0.2, 0) is 4.79 Å². The third-order valence-electron chi connectivity index (χ3n) is 5.92. The number of ether oxygens (including phenoxy) is 1. The van der Waals surface area contributed by atoms with Crippen molar-refractivity contribution >= 4 is 52.1 Å². The minimum Gasteiger partial charge on any atom is -0.406 e. The molecule has 0 radical (unpaired) electrons. The molecule has 0 aromatic heterocycles. The minimum atomic E-state index is -4.76.